The van der Waals surface area contributed by atoms with Crippen molar-refractivity contribution in [2.75, 3.05) is 26.2 Å². The first-order chi connectivity index (χ1) is 13.6. The molecule has 0 bridgehead atoms. The maximum absolute atomic E-state index is 13.1. The summed E-state index contributed by atoms with van der Waals surface area (Å²) in [5, 5.41) is 10.7. The monoisotopic (exact) mass is 417 g/mol. The van der Waals surface area contributed by atoms with Gasteiger partial charge in [-0.3, -0.25) is 14.3 Å². The minimum Gasteiger partial charge on any atom is -0.349 e. The summed E-state index contributed by atoms with van der Waals surface area (Å²) < 4.78 is 1.79. The lowest BCUT2D eigenvalue weighted by atomic mass is 9.89. The van der Waals surface area contributed by atoms with Crippen LogP contribution >= 0.6 is 12.4 Å². The third kappa shape index (κ3) is 4.79. The fourth-order valence-electron chi connectivity index (χ4n) is 4.26. The van der Waals surface area contributed by atoms with Gasteiger partial charge < -0.3 is 15.5 Å². The van der Waals surface area contributed by atoms with Crippen LogP contribution in [0.2, 0.25) is 0 Å². The predicted octanol–water partition coefficient (Wildman–Crippen LogP) is 1.57. The summed E-state index contributed by atoms with van der Waals surface area (Å²) in [4.78, 5) is 27.4. The van der Waals surface area contributed by atoms with Crippen molar-refractivity contribution < 1.29 is 9.59 Å². The Morgan fingerprint density at radius 1 is 1.14 bits per heavy atom. The first kappa shape index (κ1) is 21.3. The number of nitrogens with one attached hydrogen (secondary N) is 2. The van der Waals surface area contributed by atoms with Gasteiger partial charge in [-0.1, -0.05) is 18.2 Å². The zero-order chi connectivity index (χ0) is 19.5. The van der Waals surface area contributed by atoms with Crippen LogP contribution in [0.25, 0.3) is 0 Å². The van der Waals surface area contributed by atoms with Crippen molar-refractivity contribution in [2.24, 2.45) is 13.0 Å². The Morgan fingerprint density at radius 3 is 2.52 bits per heavy atom. The Kier molecular flexibility index (Phi) is 6.92. The normalized spacial score (nSPS) is 22.2. The van der Waals surface area contributed by atoms with E-state index in [-0.39, 0.29) is 42.1 Å². The molecule has 0 saturated carbocycles. The van der Waals surface area contributed by atoms with Crippen molar-refractivity contribution in [2.45, 2.75) is 24.8 Å². The highest BCUT2D eigenvalue weighted by molar-refractivity contribution is 5.94. The average Bonchev–Trinajstić information content (AvgIpc) is 3.37. The molecule has 3 heterocycles. The summed E-state index contributed by atoms with van der Waals surface area (Å²) in [6, 6.07) is 9.39. The van der Waals surface area contributed by atoms with Crippen LogP contribution in [0.3, 0.4) is 0 Å². The second-order valence-corrected chi connectivity index (χ2v) is 7.76. The predicted molar refractivity (Wildman–Crippen MR) is 113 cm³/mol. The van der Waals surface area contributed by atoms with E-state index >= 15 is 0 Å². The van der Waals surface area contributed by atoms with Crippen molar-refractivity contribution in [1.82, 2.24) is 25.3 Å². The molecule has 2 atom stereocenters. The number of hydrogen-bond acceptors (Lipinski definition) is 4. The van der Waals surface area contributed by atoms with Crippen molar-refractivity contribution in [3.63, 3.8) is 0 Å². The van der Waals surface area contributed by atoms with Crippen LogP contribution in [-0.4, -0.2) is 58.7 Å². The lowest BCUT2D eigenvalue weighted by Crippen LogP contribution is -2.48. The van der Waals surface area contributed by atoms with E-state index in [0.717, 1.165) is 24.9 Å². The lowest BCUT2D eigenvalue weighted by Gasteiger charge is -2.34. The summed E-state index contributed by atoms with van der Waals surface area (Å²) in [5.74, 6) is 0.310. The van der Waals surface area contributed by atoms with Crippen molar-refractivity contribution in [1.29, 1.82) is 0 Å². The quantitative estimate of drug-likeness (QED) is 0.791. The fourth-order valence-corrected chi connectivity index (χ4v) is 4.26. The lowest BCUT2D eigenvalue weighted by molar-refractivity contribution is -0.136. The van der Waals surface area contributed by atoms with E-state index in [4.69, 9.17) is 0 Å². The Labute approximate surface area is 177 Å². The van der Waals surface area contributed by atoms with E-state index in [0.29, 0.717) is 25.2 Å². The molecule has 1 aromatic heterocycles. The Hall–Kier alpha value is -2.38. The first-order valence-electron chi connectivity index (χ1n) is 9.96. The minimum absolute atomic E-state index is 0. The molecular formula is C21H28ClN5O2. The molecule has 8 heteroatoms. The zero-order valence-corrected chi connectivity index (χ0v) is 17.4. The number of halogens is 1. The number of carbonyl (C=O) groups excluding carboxylic acids is 2. The molecule has 2 N–H and O–H groups in total. The van der Waals surface area contributed by atoms with E-state index in [1.54, 1.807) is 4.68 Å². The number of likely N-dealkylation sites (tertiary alicyclic amines) is 1. The summed E-state index contributed by atoms with van der Waals surface area (Å²) in [5.41, 5.74) is 1.80. The van der Waals surface area contributed by atoms with Crippen LogP contribution in [0.1, 0.15) is 34.7 Å². The van der Waals surface area contributed by atoms with E-state index in [9.17, 15) is 9.59 Å². The highest BCUT2D eigenvalue weighted by Crippen LogP contribution is 2.30. The van der Waals surface area contributed by atoms with Crippen LogP contribution in [-0.2, 0) is 11.8 Å². The molecule has 2 amide bonds. The van der Waals surface area contributed by atoms with Gasteiger partial charge in [0.05, 0.1) is 12.1 Å². The van der Waals surface area contributed by atoms with E-state index in [1.165, 1.54) is 0 Å². The summed E-state index contributed by atoms with van der Waals surface area (Å²) in [6.07, 6.45) is 5.45. The van der Waals surface area contributed by atoms with Crippen LogP contribution in [0.5, 0.6) is 0 Å². The van der Waals surface area contributed by atoms with Crippen molar-refractivity contribution >= 4 is 24.2 Å². The average molecular weight is 418 g/mol. The molecule has 29 heavy (non-hydrogen) atoms. The van der Waals surface area contributed by atoms with Crippen molar-refractivity contribution in [3.05, 3.63) is 53.9 Å². The molecule has 2 fully saturated rings. The summed E-state index contributed by atoms with van der Waals surface area (Å²) in [6.45, 7) is 2.90. The van der Waals surface area contributed by atoms with E-state index in [1.807, 2.05) is 54.7 Å². The van der Waals surface area contributed by atoms with Gasteiger partial charge in [0, 0.05) is 56.9 Å². The molecular weight excluding hydrogens is 390 g/mol. The first-order valence-corrected chi connectivity index (χ1v) is 9.96. The molecule has 2 aliphatic heterocycles. The summed E-state index contributed by atoms with van der Waals surface area (Å²) in [7, 11) is 1.90. The van der Waals surface area contributed by atoms with Crippen molar-refractivity contribution in [3.8, 4) is 0 Å². The molecule has 2 saturated heterocycles. The smallest absolute Gasteiger partial charge is 0.251 e. The van der Waals surface area contributed by atoms with Crippen LogP contribution in [0.4, 0.5) is 0 Å². The SMILES string of the molecule is Cl.Cn1cc([C@H]2CNC[C@@H]2C(=O)N2CCC(NC(=O)c3ccccc3)CC2)cn1. The maximum Gasteiger partial charge on any atom is 0.251 e. The molecule has 1 aromatic carbocycles. The number of aryl methyl sites for hydroxylation is 1. The van der Waals surface area contributed by atoms with Gasteiger partial charge in [-0.05, 0) is 30.5 Å². The van der Waals surface area contributed by atoms with Gasteiger partial charge in [-0.15, -0.1) is 12.4 Å². The van der Waals surface area contributed by atoms with Crippen LogP contribution in [0, 0.1) is 5.92 Å². The van der Waals surface area contributed by atoms with E-state index in [2.05, 4.69) is 15.7 Å². The Morgan fingerprint density at radius 2 is 1.86 bits per heavy atom. The molecule has 0 spiro atoms. The number of rotatable bonds is 4. The summed E-state index contributed by atoms with van der Waals surface area (Å²) >= 11 is 0. The van der Waals surface area contributed by atoms with Gasteiger partial charge in [-0.25, -0.2) is 0 Å². The van der Waals surface area contributed by atoms with Crippen LogP contribution < -0.4 is 10.6 Å². The largest absolute Gasteiger partial charge is 0.349 e. The molecule has 0 aliphatic carbocycles. The van der Waals surface area contributed by atoms with Gasteiger partial charge in [0.1, 0.15) is 0 Å². The van der Waals surface area contributed by atoms with Gasteiger partial charge in [0.25, 0.3) is 5.91 Å². The molecule has 4 rings (SSSR count). The van der Waals surface area contributed by atoms with Gasteiger partial charge in [0.15, 0.2) is 0 Å². The number of amides is 2. The van der Waals surface area contributed by atoms with E-state index < -0.39 is 0 Å². The number of piperidine rings is 1. The number of benzene rings is 1. The molecule has 2 aromatic rings. The Balaban J connectivity index is 0.00000240. The minimum atomic E-state index is -0.0420. The van der Waals surface area contributed by atoms with Gasteiger partial charge in [-0.2, -0.15) is 5.10 Å². The zero-order valence-electron chi connectivity index (χ0n) is 16.6. The second-order valence-electron chi connectivity index (χ2n) is 7.76. The highest BCUT2D eigenvalue weighted by atomic mass is 35.5. The molecule has 7 nitrogen and oxygen atoms in total. The topological polar surface area (TPSA) is 79.3 Å². The Bertz CT molecular complexity index is 833. The third-order valence-corrected chi connectivity index (χ3v) is 5.86. The van der Waals surface area contributed by atoms with Gasteiger partial charge >= 0.3 is 0 Å². The van der Waals surface area contributed by atoms with Gasteiger partial charge in [0.2, 0.25) is 5.91 Å². The number of nitrogens with zero attached hydrogens (tertiary/aromatic N) is 3. The standard InChI is InChI=1S/C21H27N5O2.ClH/c1-25-14-16(11-23-25)18-12-22-13-19(18)21(28)26-9-7-17(8-10-26)24-20(27)15-5-3-2-4-6-15;/h2-6,11,14,17-19,22H,7-10,12-13H2,1H3,(H,24,27);1H/t18-,19+;/m1./s1. The number of aromatic nitrogens is 2. The molecule has 2 aliphatic rings. The highest BCUT2D eigenvalue weighted by Gasteiger charge is 2.38. The number of hydrogen-bond donors (Lipinski definition) is 2. The molecule has 0 radical (unpaired) electrons. The maximum atomic E-state index is 13.1. The third-order valence-electron chi connectivity index (χ3n) is 5.86. The second kappa shape index (κ2) is 9.41. The molecule has 156 valence electrons. The fraction of sp³-hybridized carbons (Fsp3) is 0.476. The number of carbonyl (C=O) groups is 2. The molecule has 0 unspecified atom stereocenters. The van der Waals surface area contributed by atoms with Crippen LogP contribution in [0.15, 0.2) is 42.7 Å².